The van der Waals surface area contributed by atoms with Gasteiger partial charge in [0, 0.05) is 31.6 Å². The molecule has 1 amide bonds. The van der Waals surface area contributed by atoms with Gasteiger partial charge in [0.25, 0.3) is 0 Å². The minimum Gasteiger partial charge on any atom is -0.337 e. The van der Waals surface area contributed by atoms with E-state index in [9.17, 15) is 4.79 Å². The topological polar surface area (TPSA) is 38.1 Å². The maximum absolute atomic E-state index is 13.6. The Kier molecular flexibility index (Phi) is 6.69. The molecule has 1 saturated carbocycles. The number of hydrogen-bond acceptors (Lipinski definition) is 2. The van der Waals surface area contributed by atoms with Gasteiger partial charge in [-0.3, -0.25) is 4.79 Å². The van der Waals surface area contributed by atoms with E-state index in [1.54, 1.807) is 6.20 Å². The summed E-state index contributed by atoms with van der Waals surface area (Å²) in [6.45, 7) is 2.61. The molecule has 1 heterocycles. The zero-order chi connectivity index (χ0) is 21.6. The van der Waals surface area contributed by atoms with Gasteiger partial charge in [-0.05, 0) is 67.4 Å². The highest BCUT2D eigenvalue weighted by atomic mass is 16.2. The Hall–Kier alpha value is -3.10. The van der Waals surface area contributed by atoms with Crippen LogP contribution in [0.5, 0.6) is 0 Å². The van der Waals surface area contributed by atoms with E-state index in [1.807, 2.05) is 40.9 Å². The van der Waals surface area contributed by atoms with Crippen LogP contribution in [0.1, 0.15) is 51.3 Å². The average Bonchev–Trinajstić information content (AvgIpc) is 2.97. The van der Waals surface area contributed by atoms with Crippen molar-refractivity contribution in [3.05, 3.63) is 95.0 Å². The Morgan fingerprint density at radius 3 is 2.94 bits per heavy atom. The predicted octanol–water partition coefficient (Wildman–Crippen LogP) is 5.70. The molecule has 160 valence electrons. The van der Waals surface area contributed by atoms with Gasteiger partial charge in [-0.1, -0.05) is 42.9 Å². The van der Waals surface area contributed by atoms with E-state index < -0.39 is 0 Å². The van der Waals surface area contributed by atoms with Crippen LogP contribution < -0.4 is 0 Å². The van der Waals surface area contributed by atoms with Crippen LogP contribution in [0.2, 0.25) is 0 Å². The summed E-state index contributed by atoms with van der Waals surface area (Å²) in [5.41, 5.74) is 8.28. The van der Waals surface area contributed by atoms with E-state index in [2.05, 4.69) is 48.0 Å². The van der Waals surface area contributed by atoms with Crippen LogP contribution in [0.3, 0.4) is 0 Å². The van der Waals surface area contributed by atoms with Crippen molar-refractivity contribution in [3.8, 4) is 0 Å². The molecule has 1 fully saturated rings. The van der Waals surface area contributed by atoms with Gasteiger partial charge in [-0.2, -0.15) is 0 Å². The lowest BCUT2D eigenvalue weighted by Gasteiger charge is -2.26. The summed E-state index contributed by atoms with van der Waals surface area (Å²) in [5.74, 6) is 1.19. The van der Waals surface area contributed by atoms with Crippen LogP contribution in [0, 0.1) is 5.92 Å². The van der Waals surface area contributed by atoms with Gasteiger partial charge in [0.15, 0.2) is 0 Å². The van der Waals surface area contributed by atoms with Crippen molar-refractivity contribution in [1.29, 1.82) is 0 Å². The van der Waals surface area contributed by atoms with Gasteiger partial charge in [-0.15, -0.1) is 5.73 Å². The highest BCUT2D eigenvalue weighted by molar-refractivity contribution is 5.79. The van der Waals surface area contributed by atoms with Crippen LogP contribution in [0.15, 0.2) is 89.1 Å². The molecule has 0 aromatic carbocycles. The first-order valence-corrected chi connectivity index (χ1v) is 11.3. The standard InChI is InChI=1S/C27H31N3O/c1-21(22-10-5-3-4-6-11-22)18-27(31)30(20-26-28-16-17-29(26)2)25-15-9-14-23-12-7-8-13-24(23)19-25/h3-6,9-10,15-17,19,21H,7-8,11-13,18,20H2,1-2H3/t21-/m0/s1. The normalized spacial score (nSPS) is 18.8. The summed E-state index contributed by atoms with van der Waals surface area (Å²) < 4.78 is 1.98. The summed E-state index contributed by atoms with van der Waals surface area (Å²) in [4.78, 5) is 20.0. The monoisotopic (exact) mass is 413 g/mol. The number of carbonyl (C=O) groups is 1. The number of amides is 1. The number of allylic oxidation sites excluding steroid dienone is 10. The second-order valence-electron chi connectivity index (χ2n) is 8.56. The van der Waals surface area contributed by atoms with Gasteiger partial charge in [-0.25, -0.2) is 4.98 Å². The molecule has 0 unspecified atom stereocenters. The first-order valence-electron chi connectivity index (χ1n) is 11.3. The van der Waals surface area contributed by atoms with E-state index in [0.717, 1.165) is 30.8 Å². The number of hydrogen-bond donors (Lipinski definition) is 0. The van der Waals surface area contributed by atoms with Crippen molar-refractivity contribution in [2.75, 3.05) is 0 Å². The van der Waals surface area contributed by atoms with Crippen molar-refractivity contribution in [2.45, 2.75) is 52.0 Å². The molecule has 0 N–H and O–H groups in total. The Morgan fingerprint density at radius 2 is 2.10 bits per heavy atom. The minimum absolute atomic E-state index is 0.129. The van der Waals surface area contributed by atoms with Gasteiger partial charge < -0.3 is 9.47 Å². The summed E-state index contributed by atoms with van der Waals surface area (Å²) in [7, 11) is 1.98. The fourth-order valence-electron chi connectivity index (χ4n) is 4.35. The van der Waals surface area contributed by atoms with Crippen LogP contribution in [-0.4, -0.2) is 20.4 Å². The van der Waals surface area contributed by atoms with Crippen molar-refractivity contribution < 1.29 is 4.79 Å². The summed E-state index contributed by atoms with van der Waals surface area (Å²) in [6.07, 6.45) is 26.3. The smallest absolute Gasteiger partial charge is 0.227 e. The third-order valence-corrected chi connectivity index (χ3v) is 6.31. The molecule has 31 heavy (non-hydrogen) atoms. The Morgan fingerprint density at radius 1 is 1.23 bits per heavy atom. The zero-order valence-corrected chi connectivity index (χ0v) is 18.6. The van der Waals surface area contributed by atoms with E-state index in [1.165, 1.54) is 29.6 Å². The van der Waals surface area contributed by atoms with Crippen molar-refractivity contribution in [2.24, 2.45) is 13.0 Å². The molecule has 0 aliphatic heterocycles. The summed E-state index contributed by atoms with van der Waals surface area (Å²) >= 11 is 0. The molecule has 3 aliphatic carbocycles. The van der Waals surface area contributed by atoms with Crippen LogP contribution in [0.4, 0.5) is 0 Å². The highest BCUT2D eigenvalue weighted by Gasteiger charge is 2.24. The van der Waals surface area contributed by atoms with E-state index in [-0.39, 0.29) is 11.8 Å². The fraction of sp³-hybridized carbons (Fsp3) is 0.370. The molecule has 0 radical (unpaired) electrons. The fourth-order valence-corrected chi connectivity index (χ4v) is 4.35. The Bertz CT molecular complexity index is 1050. The minimum atomic E-state index is 0.129. The molecule has 0 bridgehead atoms. The molecule has 3 aliphatic rings. The Labute approximate surface area is 185 Å². The molecule has 1 aromatic rings. The molecule has 4 rings (SSSR count). The number of aryl methyl sites for hydroxylation is 1. The first-order chi connectivity index (χ1) is 15.1. The number of rotatable bonds is 6. The summed E-state index contributed by atoms with van der Waals surface area (Å²) in [5, 5.41) is 0. The number of fused-ring (bicyclic) bond motifs is 1. The third kappa shape index (κ3) is 5.15. The van der Waals surface area contributed by atoms with Crippen molar-refractivity contribution in [3.63, 3.8) is 0 Å². The lowest BCUT2D eigenvalue weighted by molar-refractivity contribution is -0.130. The van der Waals surface area contributed by atoms with Gasteiger partial charge in [0.2, 0.25) is 5.91 Å². The first kappa shape index (κ1) is 21.1. The number of carbonyl (C=O) groups excluding carboxylic acids is 1. The number of nitrogens with zero attached hydrogens (tertiary/aromatic N) is 3. The number of aromatic nitrogens is 2. The predicted molar refractivity (Wildman–Crippen MR) is 125 cm³/mol. The second-order valence-corrected chi connectivity index (χ2v) is 8.56. The molecule has 0 spiro atoms. The SMILES string of the molecule is C[C@@H](CC(=O)N(Cc1nccn1C)C1=CC=C=C2CCCCC2=C1)C1=CC=CC=CC1. The average molecular weight is 414 g/mol. The van der Waals surface area contributed by atoms with Crippen LogP contribution in [0.25, 0.3) is 0 Å². The van der Waals surface area contributed by atoms with E-state index >= 15 is 0 Å². The maximum atomic E-state index is 13.6. The van der Waals surface area contributed by atoms with Crippen LogP contribution in [-0.2, 0) is 18.4 Å². The molecular weight excluding hydrogens is 382 g/mol. The zero-order valence-electron chi connectivity index (χ0n) is 18.6. The summed E-state index contributed by atoms with van der Waals surface area (Å²) in [6, 6.07) is 0. The molecular formula is C27H31N3O. The van der Waals surface area contributed by atoms with Crippen molar-refractivity contribution >= 4 is 5.91 Å². The highest BCUT2D eigenvalue weighted by Crippen LogP contribution is 2.32. The molecule has 4 nitrogen and oxygen atoms in total. The lowest BCUT2D eigenvalue weighted by Crippen LogP contribution is -2.32. The maximum Gasteiger partial charge on any atom is 0.227 e. The molecule has 0 saturated heterocycles. The van der Waals surface area contributed by atoms with Gasteiger partial charge in [0.05, 0.1) is 6.54 Å². The largest absolute Gasteiger partial charge is 0.337 e. The van der Waals surface area contributed by atoms with Gasteiger partial charge >= 0.3 is 0 Å². The van der Waals surface area contributed by atoms with E-state index in [4.69, 9.17) is 0 Å². The second kappa shape index (κ2) is 9.80. The molecule has 1 aromatic heterocycles. The van der Waals surface area contributed by atoms with Crippen LogP contribution >= 0.6 is 0 Å². The van der Waals surface area contributed by atoms with E-state index in [0.29, 0.717) is 13.0 Å². The Balaban J connectivity index is 1.59. The van der Waals surface area contributed by atoms with Gasteiger partial charge in [0.1, 0.15) is 5.82 Å². The molecule has 1 atom stereocenters. The lowest BCUT2D eigenvalue weighted by atomic mass is 9.89. The number of imidazole rings is 1. The quantitative estimate of drug-likeness (QED) is 0.561. The molecule has 4 heteroatoms. The van der Waals surface area contributed by atoms with Crippen molar-refractivity contribution in [1.82, 2.24) is 14.5 Å². The third-order valence-electron chi connectivity index (χ3n) is 6.31.